The van der Waals surface area contributed by atoms with Gasteiger partial charge in [-0.25, -0.2) is 0 Å². The molecule has 0 bridgehead atoms. The van der Waals surface area contributed by atoms with E-state index in [1.165, 1.54) is 12.1 Å². The molecule has 0 aliphatic rings. The number of nitro groups is 1. The van der Waals surface area contributed by atoms with Crippen molar-refractivity contribution in [1.29, 1.82) is 0 Å². The van der Waals surface area contributed by atoms with Crippen LogP contribution in [0.25, 0.3) is 0 Å². The van der Waals surface area contributed by atoms with Crippen molar-refractivity contribution in [2.24, 2.45) is 0 Å². The van der Waals surface area contributed by atoms with E-state index in [4.69, 9.17) is 0 Å². The molecule has 1 rings (SSSR count). The fourth-order valence-electron chi connectivity index (χ4n) is 1.33. The van der Waals surface area contributed by atoms with Crippen molar-refractivity contribution in [3.63, 3.8) is 0 Å². The Bertz CT molecular complexity index is 385. The van der Waals surface area contributed by atoms with Crippen LogP contribution >= 0.6 is 0 Å². The van der Waals surface area contributed by atoms with Crippen molar-refractivity contribution in [1.82, 2.24) is 5.32 Å². The first-order chi connectivity index (χ1) is 7.50. The first kappa shape index (κ1) is 12.4. The van der Waals surface area contributed by atoms with Gasteiger partial charge in [-0.2, -0.15) is 0 Å². The summed E-state index contributed by atoms with van der Waals surface area (Å²) in [5.74, 6) is 0. The molecule has 1 aromatic carbocycles. The molecule has 16 heavy (non-hydrogen) atoms. The zero-order valence-corrected chi connectivity index (χ0v) is 9.56. The number of rotatable bonds is 5. The molecule has 0 fully saturated rings. The Hall–Kier alpha value is -1.68. The Morgan fingerprint density at radius 3 is 2.50 bits per heavy atom. The van der Waals surface area contributed by atoms with Crippen LogP contribution in [0.2, 0.25) is 0 Å². The lowest BCUT2D eigenvalue weighted by Gasteiger charge is -2.13. The van der Waals surface area contributed by atoms with Crippen molar-refractivity contribution in [3.05, 3.63) is 52.1 Å². The van der Waals surface area contributed by atoms with Gasteiger partial charge in [-0.1, -0.05) is 24.3 Å². The normalized spacial score (nSPS) is 12.1. The van der Waals surface area contributed by atoms with Crippen molar-refractivity contribution in [3.8, 4) is 0 Å². The third-order valence-electron chi connectivity index (χ3n) is 2.31. The smallest absolute Gasteiger partial charge is 0.269 e. The van der Waals surface area contributed by atoms with Crippen molar-refractivity contribution < 1.29 is 4.92 Å². The highest BCUT2D eigenvalue weighted by molar-refractivity contribution is 5.34. The molecule has 0 aliphatic heterocycles. The standard InChI is InChI=1S/C12H16N2O2/c1-9(2)8-13-10(3)11-4-6-12(7-5-11)14(15)16/h4-7,10,13H,1,8H2,2-3H3. The summed E-state index contributed by atoms with van der Waals surface area (Å²) < 4.78 is 0. The average Bonchev–Trinajstić information content (AvgIpc) is 2.26. The molecule has 0 saturated carbocycles. The van der Waals surface area contributed by atoms with Gasteiger partial charge in [0.1, 0.15) is 0 Å². The van der Waals surface area contributed by atoms with Gasteiger partial charge in [0.05, 0.1) is 4.92 Å². The van der Waals surface area contributed by atoms with Gasteiger partial charge in [0.2, 0.25) is 0 Å². The van der Waals surface area contributed by atoms with E-state index in [1.54, 1.807) is 12.1 Å². The van der Waals surface area contributed by atoms with Crippen molar-refractivity contribution in [2.75, 3.05) is 6.54 Å². The van der Waals surface area contributed by atoms with Crippen LogP contribution in [0.1, 0.15) is 25.5 Å². The first-order valence-corrected chi connectivity index (χ1v) is 5.13. The van der Waals surface area contributed by atoms with Crippen LogP contribution in [-0.4, -0.2) is 11.5 Å². The summed E-state index contributed by atoms with van der Waals surface area (Å²) in [7, 11) is 0. The molecule has 86 valence electrons. The fourth-order valence-corrected chi connectivity index (χ4v) is 1.33. The minimum atomic E-state index is -0.393. The third kappa shape index (κ3) is 3.47. The number of hydrogen-bond acceptors (Lipinski definition) is 3. The highest BCUT2D eigenvalue weighted by Crippen LogP contribution is 2.17. The molecule has 4 nitrogen and oxygen atoms in total. The lowest BCUT2D eigenvalue weighted by atomic mass is 10.1. The molecule has 1 N–H and O–H groups in total. The quantitative estimate of drug-likeness (QED) is 0.471. The number of non-ortho nitro benzene ring substituents is 1. The summed E-state index contributed by atoms with van der Waals surface area (Å²) in [4.78, 5) is 10.1. The Morgan fingerprint density at radius 2 is 2.06 bits per heavy atom. The second kappa shape index (κ2) is 5.42. The molecular weight excluding hydrogens is 204 g/mol. The molecule has 0 aliphatic carbocycles. The number of hydrogen-bond donors (Lipinski definition) is 1. The summed E-state index contributed by atoms with van der Waals surface area (Å²) in [6.45, 7) is 8.53. The minimum absolute atomic E-state index is 0.121. The average molecular weight is 220 g/mol. The van der Waals surface area contributed by atoms with Gasteiger partial charge in [-0.3, -0.25) is 10.1 Å². The van der Waals surface area contributed by atoms with E-state index < -0.39 is 4.92 Å². The summed E-state index contributed by atoms with van der Waals surface area (Å²) >= 11 is 0. The Morgan fingerprint density at radius 1 is 1.50 bits per heavy atom. The molecular formula is C12H16N2O2. The van der Waals surface area contributed by atoms with E-state index in [1.807, 2.05) is 13.8 Å². The molecule has 0 saturated heterocycles. The second-order valence-corrected chi connectivity index (χ2v) is 3.91. The van der Waals surface area contributed by atoms with E-state index in [9.17, 15) is 10.1 Å². The molecule has 4 heteroatoms. The summed E-state index contributed by atoms with van der Waals surface area (Å²) in [6, 6.07) is 6.75. The molecule has 1 unspecified atom stereocenters. The number of nitrogens with zero attached hydrogens (tertiary/aromatic N) is 1. The zero-order valence-electron chi connectivity index (χ0n) is 9.56. The molecule has 0 aromatic heterocycles. The molecule has 0 radical (unpaired) electrons. The fraction of sp³-hybridized carbons (Fsp3) is 0.333. The van der Waals surface area contributed by atoms with Crippen LogP contribution in [0, 0.1) is 10.1 Å². The maximum atomic E-state index is 10.5. The predicted octanol–water partition coefficient (Wildman–Crippen LogP) is 2.82. The highest BCUT2D eigenvalue weighted by atomic mass is 16.6. The predicted molar refractivity (Wildman–Crippen MR) is 64.3 cm³/mol. The van der Waals surface area contributed by atoms with E-state index in [-0.39, 0.29) is 11.7 Å². The van der Waals surface area contributed by atoms with E-state index >= 15 is 0 Å². The lowest BCUT2D eigenvalue weighted by molar-refractivity contribution is -0.384. The highest BCUT2D eigenvalue weighted by Gasteiger charge is 2.08. The molecule has 0 heterocycles. The summed E-state index contributed by atoms with van der Waals surface area (Å²) in [5, 5.41) is 13.8. The maximum absolute atomic E-state index is 10.5. The van der Waals surface area contributed by atoms with Gasteiger partial charge >= 0.3 is 0 Å². The van der Waals surface area contributed by atoms with E-state index in [2.05, 4.69) is 11.9 Å². The van der Waals surface area contributed by atoms with Crippen molar-refractivity contribution in [2.45, 2.75) is 19.9 Å². The van der Waals surface area contributed by atoms with E-state index in [0.717, 1.165) is 17.7 Å². The van der Waals surface area contributed by atoms with Gasteiger partial charge in [-0.15, -0.1) is 0 Å². The minimum Gasteiger partial charge on any atom is -0.306 e. The largest absolute Gasteiger partial charge is 0.306 e. The number of benzene rings is 1. The molecule has 0 amide bonds. The van der Waals surface area contributed by atoms with Crippen LogP contribution in [0.15, 0.2) is 36.4 Å². The zero-order chi connectivity index (χ0) is 12.1. The molecule has 1 atom stereocenters. The van der Waals surface area contributed by atoms with Crippen LogP contribution in [0.4, 0.5) is 5.69 Å². The van der Waals surface area contributed by atoms with Crippen LogP contribution < -0.4 is 5.32 Å². The summed E-state index contributed by atoms with van der Waals surface area (Å²) in [6.07, 6.45) is 0. The van der Waals surface area contributed by atoms with Gasteiger partial charge in [0.15, 0.2) is 0 Å². The number of nitro benzene ring substituents is 1. The second-order valence-electron chi connectivity index (χ2n) is 3.91. The molecule has 1 aromatic rings. The summed E-state index contributed by atoms with van der Waals surface area (Å²) in [5.41, 5.74) is 2.22. The van der Waals surface area contributed by atoms with Crippen LogP contribution in [0.5, 0.6) is 0 Å². The monoisotopic (exact) mass is 220 g/mol. The topological polar surface area (TPSA) is 55.2 Å². The Balaban J connectivity index is 2.66. The van der Waals surface area contributed by atoms with Crippen LogP contribution in [0.3, 0.4) is 0 Å². The van der Waals surface area contributed by atoms with Crippen molar-refractivity contribution >= 4 is 5.69 Å². The van der Waals surface area contributed by atoms with Gasteiger partial charge in [-0.05, 0) is 19.4 Å². The van der Waals surface area contributed by atoms with Crippen LogP contribution in [-0.2, 0) is 0 Å². The maximum Gasteiger partial charge on any atom is 0.269 e. The van der Waals surface area contributed by atoms with Gasteiger partial charge < -0.3 is 5.32 Å². The first-order valence-electron chi connectivity index (χ1n) is 5.13. The molecule has 0 spiro atoms. The lowest BCUT2D eigenvalue weighted by Crippen LogP contribution is -2.20. The Labute approximate surface area is 95.1 Å². The Kier molecular flexibility index (Phi) is 4.19. The SMILES string of the molecule is C=C(C)CNC(C)c1ccc([N+](=O)[O-])cc1. The number of nitrogens with one attached hydrogen (secondary N) is 1. The van der Waals surface area contributed by atoms with Gasteiger partial charge in [0, 0.05) is 24.7 Å². The van der Waals surface area contributed by atoms with E-state index in [0.29, 0.717) is 0 Å². The van der Waals surface area contributed by atoms with Gasteiger partial charge in [0.25, 0.3) is 5.69 Å². The third-order valence-corrected chi connectivity index (χ3v) is 2.31.